The van der Waals surface area contributed by atoms with Gasteiger partial charge in [-0.3, -0.25) is 4.79 Å². The quantitative estimate of drug-likeness (QED) is 0.729. The lowest BCUT2D eigenvalue weighted by Gasteiger charge is -2.20. The molecule has 1 amide bonds. The van der Waals surface area contributed by atoms with Crippen molar-refractivity contribution in [3.63, 3.8) is 0 Å². The number of carbonyl (C=O) groups excluding carboxylic acids is 1. The van der Waals surface area contributed by atoms with Crippen LogP contribution in [-0.2, 0) is 6.42 Å². The lowest BCUT2D eigenvalue weighted by atomic mass is 10.1. The molecule has 0 unspecified atom stereocenters. The van der Waals surface area contributed by atoms with Crippen molar-refractivity contribution in [2.45, 2.75) is 32.1 Å². The molecule has 0 radical (unpaired) electrons. The van der Waals surface area contributed by atoms with Gasteiger partial charge >= 0.3 is 0 Å². The van der Waals surface area contributed by atoms with Crippen molar-refractivity contribution >= 4 is 22.6 Å². The van der Waals surface area contributed by atoms with E-state index in [1.165, 1.54) is 36.6 Å². The fourth-order valence-electron chi connectivity index (χ4n) is 3.65. The molecule has 2 N–H and O–H groups in total. The number of nitrogens with one attached hydrogen (secondary N) is 2. The van der Waals surface area contributed by atoms with Crippen LogP contribution in [0.1, 0.15) is 41.7 Å². The van der Waals surface area contributed by atoms with Crippen LogP contribution in [0, 0.1) is 0 Å². The van der Waals surface area contributed by atoms with Crippen LogP contribution in [0.5, 0.6) is 0 Å². The van der Waals surface area contributed by atoms with Gasteiger partial charge in [0.25, 0.3) is 5.91 Å². The molecule has 0 saturated carbocycles. The van der Waals surface area contributed by atoms with Gasteiger partial charge in [0, 0.05) is 36.7 Å². The molecule has 140 valence electrons. The van der Waals surface area contributed by atoms with E-state index in [0.29, 0.717) is 12.2 Å². The predicted octanol–water partition coefficient (Wildman–Crippen LogP) is 3.31. The molecule has 6 heteroatoms. The van der Waals surface area contributed by atoms with Crippen LogP contribution in [0.4, 0.5) is 5.82 Å². The van der Waals surface area contributed by atoms with E-state index >= 15 is 0 Å². The first kappa shape index (κ1) is 17.5. The van der Waals surface area contributed by atoms with E-state index < -0.39 is 0 Å². The third-order valence-corrected chi connectivity index (χ3v) is 5.17. The highest BCUT2D eigenvalue weighted by Gasteiger charge is 2.13. The zero-order valence-corrected chi connectivity index (χ0v) is 15.4. The van der Waals surface area contributed by atoms with Gasteiger partial charge in [0.15, 0.2) is 11.5 Å². The van der Waals surface area contributed by atoms with Crippen molar-refractivity contribution in [3.05, 3.63) is 53.9 Å². The van der Waals surface area contributed by atoms with Crippen LogP contribution in [0.3, 0.4) is 0 Å². The van der Waals surface area contributed by atoms with Gasteiger partial charge in [-0.25, -0.2) is 0 Å². The lowest BCUT2D eigenvalue weighted by Crippen LogP contribution is -2.28. The Hall–Kier alpha value is -2.89. The number of benzene rings is 1. The molecule has 2 aromatic heterocycles. The molecular weight excluding hydrogens is 338 g/mol. The largest absolute Gasteiger partial charge is 0.361 e. The number of nitrogens with zero attached hydrogens (tertiary/aromatic N) is 3. The number of aromatic nitrogens is 3. The first-order valence-corrected chi connectivity index (χ1v) is 9.73. The third-order valence-electron chi connectivity index (χ3n) is 5.17. The summed E-state index contributed by atoms with van der Waals surface area (Å²) in [6.45, 7) is 2.60. The molecular formula is C21H25N5O. The van der Waals surface area contributed by atoms with Gasteiger partial charge in [0.05, 0.1) is 0 Å². The SMILES string of the molecule is O=C(NCCc1c[nH]c2ccccc12)c1ccc(N2CCCCCC2)nn1. The highest BCUT2D eigenvalue weighted by atomic mass is 16.1. The summed E-state index contributed by atoms with van der Waals surface area (Å²) in [5, 5.41) is 12.6. The van der Waals surface area contributed by atoms with Crippen molar-refractivity contribution in [2.75, 3.05) is 24.5 Å². The molecule has 0 atom stereocenters. The zero-order valence-electron chi connectivity index (χ0n) is 15.4. The van der Waals surface area contributed by atoms with Crippen LogP contribution >= 0.6 is 0 Å². The molecule has 0 bridgehead atoms. The molecule has 1 aliphatic rings. The minimum Gasteiger partial charge on any atom is -0.361 e. The number of para-hydroxylation sites is 1. The van der Waals surface area contributed by atoms with Crippen LogP contribution in [0.25, 0.3) is 10.9 Å². The van der Waals surface area contributed by atoms with Crippen LogP contribution in [0.2, 0.25) is 0 Å². The Morgan fingerprint density at radius 2 is 1.85 bits per heavy atom. The number of hydrogen-bond acceptors (Lipinski definition) is 4. The molecule has 1 fully saturated rings. The summed E-state index contributed by atoms with van der Waals surface area (Å²) in [5.74, 6) is 0.692. The minimum atomic E-state index is -0.176. The smallest absolute Gasteiger partial charge is 0.271 e. The average molecular weight is 363 g/mol. The highest BCUT2D eigenvalue weighted by molar-refractivity contribution is 5.92. The molecule has 1 saturated heterocycles. The number of carbonyl (C=O) groups is 1. The van der Waals surface area contributed by atoms with Gasteiger partial charge in [-0.2, -0.15) is 0 Å². The van der Waals surface area contributed by atoms with E-state index in [9.17, 15) is 4.79 Å². The van der Waals surface area contributed by atoms with Crippen LogP contribution in [-0.4, -0.2) is 40.7 Å². The Labute approximate surface area is 159 Å². The summed E-state index contributed by atoms with van der Waals surface area (Å²) in [6.07, 6.45) is 7.72. The number of fused-ring (bicyclic) bond motifs is 1. The lowest BCUT2D eigenvalue weighted by molar-refractivity contribution is 0.0948. The summed E-state index contributed by atoms with van der Waals surface area (Å²) in [7, 11) is 0. The molecule has 3 heterocycles. The summed E-state index contributed by atoms with van der Waals surface area (Å²) >= 11 is 0. The monoisotopic (exact) mass is 363 g/mol. The number of hydrogen-bond donors (Lipinski definition) is 2. The van der Waals surface area contributed by atoms with Crippen molar-refractivity contribution in [1.82, 2.24) is 20.5 Å². The second-order valence-corrected chi connectivity index (χ2v) is 7.04. The number of anilines is 1. The molecule has 27 heavy (non-hydrogen) atoms. The fourth-order valence-corrected chi connectivity index (χ4v) is 3.65. The molecule has 4 rings (SSSR count). The summed E-state index contributed by atoms with van der Waals surface area (Å²) in [6, 6.07) is 11.9. The van der Waals surface area contributed by atoms with Crippen LogP contribution in [0.15, 0.2) is 42.6 Å². The molecule has 1 aromatic carbocycles. The van der Waals surface area contributed by atoms with E-state index in [2.05, 4.69) is 37.5 Å². The molecule has 1 aliphatic heterocycles. The molecule has 3 aromatic rings. The van der Waals surface area contributed by atoms with Gasteiger partial charge in [-0.05, 0) is 43.0 Å². The van der Waals surface area contributed by atoms with E-state index in [-0.39, 0.29) is 5.91 Å². The minimum absolute atomic E-state index is 0.176. The second-order valence-electron chi connectivity index (χ2n) is 7.04. The Morgan fingerprint density at radius 3 is 2.63 bits per heavy atom. The van der Waals surface area contributed by atoms with Gasteiger partial charge in [0.2, 0.25) is 0 Å². The second kappa shape index (κ2) is 8.20. The highest BCUT2D eigenvalue weighted by Crippen LogP contribution is 2.18. The maximum Gasteiger partial charge on any atom is 0.271 e. The van der Waals surface area contributed by atoms with Crippen LogP contribution < -0.4 is 10.2 Å². The third kappa shape index (κ3) is 4.10. The number of H-pyrrole nitrogens is 1. The van der Waals surface area contributed by atoms with E-state index in [1.807, 2.05) is 24.4 Å². The predicted molar refractivity (Wildman–Crippen MR) is 107 cm³/mol. The maximum atomic E-state index is 12.3. The van der Waals surface area contributed by atoms with Crippen molar-refractivity contribution in [2.24, 2.45) is 0 Å². The maximum absolute atomic E-state index is 12.3. The normalized spacial score (nSPS) is 14.9. The standard InChI is InChI=1S/C21H25N5O/c27-21(22-12-11-16-15-23-18-8-4-3-7-17(16)18)19-9-10-20(25-24-19)26-13-5-1-2-6-14-26/h3-4,7-10,15,23H,1-2,5-6,11-14H2,(H,22,27). The number of aromatic amines is 1. The van der Waals surface area contributed by atoms with Gasteiger partial charge in [-0.1, -0.05) is 31.0 Å². The van der Waals surface area contributed by atoms with Gasteiger partial charge in [-0.15, -0.1) is 10.2 Å². The fraction of sp³-hybridized carbons (Fsp3) is 0.381. The van der Waals surface area contributed by atoms with Gasteiger partial charge in [0.1, 0.15) is 0 Å². The Morgan fingerprint density at radius 1 is 1.04 bits per heavy atom. The van der Waals surface area contributed by atoms with Gasteiger partial charge < -0.3 is 15.2 Å². The van der Waals surface area contributed by atoms with E-state index in [0.717, 1.165) is 30.8 Å². The van der Waals surface area contributed by atoms with Crippen molar-refractivity contribution in [3.8, 4) is 0 Å². The molecule has 0 aliphatic carbocycles. The molecule has 6 nitrogen and oxygen atoms in total. The first-order chi connectivity index (χ1) is 13.3. The molecule has 0 spiro atoms. The van der Waals surface area contributed by atoms with E-state index in [1.54, 1.807) is 6.07 Å². The summed E-state index contributed by atoms with van der Waals surface area (Å²) < 4.78 is 0. The Bertz CT molecular complexity index is 894. The van der Waals surface area contributed by atoms with Crippen molar-refractivity contribution in [1.29, 1.82) is 0 Å². The van der Waals surface area contributed by atoms with Crippen molar-refractivity contribution < 1.29 is 4.79 Å². The van der Waals surface area contributed by atoms with E-state index in [4.69, 9.17) is 0 Å². The summed E-state index contributed by atoms with van der Waals surface area (Å²) in [5.41, 5.74) is 2.69. The topological polar surface area (TPSA) is 73.9 Å². The first-order valence-electron chi connectivity index (χ1n) is 9.73. The zero-order chi connectivity index (χ0) is 18.5. The average Bonchev–Trinajstić information content (AvgIpc) is 2.93. The summed E-state index contributed by atoms with van der Waals surface area (Å²) in [4.78, 5) is 17.9. The Balaban J connectivity index is 1.33. The number of rotatable bonds is 5. The number of amides is 1. The Kier molecular flexibility index (Phi) is 5.32.